The predicted molar refractivity (Wildman–Crippen MR) is 51.7 cm³/mol. The van der Waals surface area contributed by atoms with Gasteiger partial charge in [-0.1, -0.05) is 0 Å². The van der Waals surface area contributed by atoms with Crippen LogP contribution in [0, 0.1) is 5.82 Å². The van der Waals surface area contributed by atoms with E-state index in [2.05, 4.69) is 0 Å². The van der Waals surface area contributed by atoms with Crippen LogP contribution in [0.5, 0.6) is 5.75 Å². The number of phenolic OH excluding ortho intramolecular Hbond substituents is 1. The van der Waals surface area contributed by atoms with E-state index in [0.29, 0.717) is 12.1 Å². The van der Waals surface area contributed by atoms with Crippen LogP contribution >= 0.6 is 0 Å². The largest absolute Gasteiger partial charge is 0.505 e. The van der Waals surface area contributed by atoms with E-state index in [1.54, 1.807) is 0 Å². The minimum atomic E-state index is -4.74. The average molecular weight is 253 g/mol. The number of aliphatic hydroxyl groups excluding tert-OH is 1. The molecule has 1 atom stereocenters. The molecule has 0 aromatic heterocycles. The van der Waals surface area contributed by atoms with Crippen molar-refractivity contribution in [3.63, 3.8) is 0 Å². The molecule has 0 radical (unpaired) electrons. The van der Waals surface area contributed by atoms with Gasteiger partial charge in [-0.3, -0.25) is 0 Å². The number of rotatable bonds is 3. The molecule has 7 heteroatoms. The second kappa shape index (κ2) is 4.89. The maximum Gasteiger partial charge on any atom is 0.416 e. The first-order valence-electron chi connectivity index (χ1n) is 4.74. The van der Waals surface area contributed by atoms with Crippen LogP contribution in [0.1, 0.15) is 23.6 Å². The van der Waals surface area contributed by atoms with Gasteiger partial charge < -0.3 is 15.9 Å². The van der Waals surface area contributed by atoms with Crippen molar-refractivity contribution in [1.29, 1.82) is 0 Å². The molecule has 4 N–H and O–H groups in total. The number of halogens is 4. The first-order valence-corrected chi connectivity index (χ1v) is 4.74. The van der Waals surface area contributed by atoms with Crippen LogP contribution in [0.25, 0.3) is 0 Å². The number of hydrogen-bond acceptors (Lipinski definition) is 3. The molecule has 3 nitrogen and oxygen atoms in total. The Morgan fingerprint density at radius 2 is 1.88 bits per heavy atom. The number of alkyl halides is 3. The number of benzene rings is 1. The highest BCUT2D eigenvalue weighted by atomic mass is 19.4. The SMILES string of the molecule is N[C@H](CCO)c1c(C(F)(F)F)ccc(F)c1O. The molecule has 0 amide bonds. The highest BCUT2D eigenvalue weighted by Gasteiger charge is 2.36. The molecule has 1 aromatic carbocycles. The van der Waals surface area contributed by atoms with Gasteiger partial charge in [0.2, 0.25) is 0 Å². The summed E-state index contributed by atoms with van der Waals surface area (Å²) in [5.41, 5.74) is 3.46. The third-order valence-corrected chi connectivity index (χ3v) is 2.28. The molecule has 0 saturated heterocycles. The van der Waals surface area contributed by atoms with E-state index < -0.39 is 41.5 Å². The van der Waals surface area contributed by atoms with E-state index in [4.69, 9.17) is 10.8 Å². The Balaban J connectivity index is 3.36. The Morgan fingerprint density at radius 3 is 2.35 bits per heavy atom. The van der Waals surface area contributed by atoms with Crippen molar-refractivity contribution in [3.05, 3.63) is 29.1 Å². The smallest absolute Gasteiger partial charge is 0.416 e. The summed E-state index contributed by atoms with van der Waals surface area (Å²) < 4.78 is 50.8. The van der Waals surface area contributed by atoms with E-state index in [0.717, 1.165) is 0 Å². The van der Waals surface area contributed by atoms with E-state index >= 15 is 0 Å². The lowest BCUT2D eigenvalue weighted by Crippen LogP contribution is -2.19. The van der Waals surface area contributed by atoms with Crippen LogP contribution in [0.3, 0.4) is 0 Å². The minimum Gasteiger partial charge on any atom is -0.505 e. The Hall–Kier alpha value is -1.34. The van der Waals surface area contributed by atoms with Crippen molar-refractivity contribution >= 4 is 0 Å². The second-order valence-electron chi connectivity index (χ2n) is 3.47. The molecule has 0 heterocycles. The predicted octanol–water partition coefficient (Wildman–Crippen LogP) is 1.93. The standard InChI is InChI=1S/C10H11F4NO2/c11-6-2-1-5(10(12,13)14)8(9(6)17)7(15)3-4-16/h1-2,7,16-17H,3-4,15H2/t7-/m1/s1. The molecule has 96 valence electrons. The van der Waals surface area contributed by atoms with Gasteiger partial charge in [-0.25, -0.2) is 4.39 Å². The minimum absolute atomic E-state index is 0.208. The summed E-state index contributed by atoms with van der Waals surface area (Å²) >= 11 is 0. The van der Waals surface area contributed by atoms with Crippen LogP contribution in [0.4, 0.5) is 17.6 Å². The normalized spacial score (nSPS) is 13.8. The molecule has 0 aliphatic rings. The molecule has 17 heavy (non-hydrogen) atoms. The number of phenols is 1. The van der Waals surface area contributed by atoms with E-state index in [-0.39, 0.29) is 6.42 Å². The third kappa shape index (κ3) is 2.86. The van der Waals surface area contributed by atoms with Gasteiger partial charge in [-0.15, -0.1) is 0 Å². The van der Waals surface area contributed by atoms with Gasteiger partial charge in [0.05, 0.1) is 5.56 Å². The van der Waals surface area contributed by atoms with Crippen molar-refractivity contribution < 1.29 is 27.8 Å². The van der Waals surface area contributed by atoms with Crippen molar-refractivity contribution in [3.8, 4) is 5.75 Å². The molecule has 0 aliphatic heterocycles. The highest BCUT2D eigenvalue weighted by molar-refractivity contribution is 5.44. The zero-order valence-corrected chi connectivity index (χ0v) is 8.63. The fourth-order valence-electron chi connectivity index (χ4n) is 1.49. The molecule has 1 rings (SSSR count). The number of nitrogens with two attached hydrogens (primary N) is 1. The van der Waals surface area contributed by atoms with E-state index in [9.17, 15) is 22.7 Å². The van der Waals surface area contributed by atoms with Gasteiger partial charge in [-0.2, -0.15) is 13.2 Å². The van der Waals surface area contributed by atoms with Crippen LogP contribution < -0.4 is 5.73 Å². The lowest BCUT2D eigenvalue weighted by molar-refractivity contribution is -0.138. The Labute approximate surface area is 94.5 Å². The fourth-order valence-corrected chi connectivity index (χ4v) is 1.49. The summed E-state index contributed by atoms with van der Waals surface area (Å²) in [4.78, 5) is 0. The van der Waals surface area contributed by atoms with Gasteiger partial charge in [0.25, 0.3) is 0 Å². The lowest BCUT2D eigenvalue weighted by atomic mass is 9.97. The summed E-state index contributed by atoms with van der Waals surface area (Å²) in [5, 5.41) is 17.9. The second-order valence-corrected chi connectivity index (χ2v) is 3.47. The van der Waals surface area contributed by atoms with Gasteiger partial charge in [0.1, 0.15) is 0 Å². The van der Waals surface area contributed by atoms with Crippen molar-refractivity contribution in [2.75, 3.05) is 6.61 Å². The van der Waals surface area contributed by atoms with Gasteiger partial charge >= 0.3 is 6.18 Å². The maximum atomic E-state index is 13.0. The molecule has 1 aromatic rings. The molecular formula is C10H11F4NO2. The lowest BCUT2D eigenvalue weighted by Gasteiger charge is -2.19. The average Bonchev–Trinajstić information content (AvgIpc) is 2.20. The third-order valence-electron chi connectivity index (χ3n) is 2.28. The molecule has 0 unspecified atom stereocenters. The van der Waals surface area contributed by atoms with E-state index in [1.807, 2.05) is 0 Å². The van der Waals surface area contributed by atoms with Crippen LogP contribution in [0.2, 0.25) is 0 Å². The van der Waals surface area contributed by atoms with Crippen molar-refractivity contribution in [1.82, 2.24) is 0 Å². The summed E-state index contributed by atoms with van der Waals surface area (Å²) in [6.45, 7) is -0.464. The summed E-state index contributed by atoms with van der Waals surface area (Å²) in [6, 6.07) is -0.248. The summed E-state index contributed by atoms with van der Waals surface area (Å²) in [6.07, 6.45) is -4.95. The van der Waals surface area contributed by atoms with Crippen molar-refractivity contribution in [2.24, 2.45) is 5.73 Å². The molecule has 0 bridgehead atoms. The monoisotopic (exact) mass is 253 g/mol. The van der Waals surface area contributed by atoms with Crippen LogP contribution in [0.15, 0.2) is 12.1 Å². The summed E-state index contributed by atoms with van der Waals surface area (Å²) in [7, 11) is 0. The van der Waals surface area contributed by atoms with Crippen LogP contribution in [-0.4, -0.2) is 16.8 Å². The number of hydrogen-bond donors (Lipinski definition) is 3. The zero-order valence-electron chi connectivity index (χ0n) is 8.63. The Morgan fingerprint density at radius 1 is 1.29 bits per heavy atom. The maximum absolute atomic E-state index is 13.0. The summed E-state index contributed by atoms with van der Waals surface area (Å²) in [5.74, 6) is -2.30. The number of aliphatic hydroxyl groups is 1. The van der Waals surface area contributed by atoms with Gasteiger partial charge in [0.15, 0.2) is 11.6 Å². The van der Waals surface area contributed by atoms with Gasteiger partial charge in [0, 0.05) is 18.2 Å². The molecular weight excluding hydrogens is 242 g/mol. The molecule has 0 fully saturated rings. The first-order chi connectivity index (χ1) is 7.79. The van der Waals surface area contributed by atoms with Crippen LogP contribution in [-0.2, 0) is 6.18 Å². The fraction of sp³-hybridized carbons (Fsp3) is 0.400. The van der Waals surface area contributed by atoms with Gasteiger partial charge in [-0.05, 0) is 18.6 Å². The highest BCUT2D eigenvalue weighted by Crippen LogP contribution is 2.40. The zero-order chi connectivity index (χ0) is 13.2. The number of aromatic hydroxyl groups is 1. The Bertz CT molecular complexity index is 406. The first kappa shape index (κ1) is 13.7. The topological polar surface area (TPSA) is 66.5 Å². The van der Waals surface area contributed by atoms with Crippen molar-refractivity contribution in [2.45, 2.75) is 18.6 Å². The molecule has 0 spiro atoms. The molecule has 0 saturated carbocycles. The molecule has 0 aliphatic carbocycles. The quantitative estimate of drug-likeness (QED) is 0.721. The Kier molecular flexibility index (Phi) is 3.94. The van der Waals surface area contributed by atoms with E-state index in [1.165, 1.54) is 0 Å².